The summed E-state index contributed by atoms with van der Waals surface area (Å²) in [6.07, 6.45) is 1.57. The van der Waals surface area contributed by atoms with Gasteiger partial charge in [-0.05, 0) is 42.1 Å². The predicted molar refractivity (Wildman–Crippen MR) is 61.7 cm³/mol. The average Bonchev–Trinajstić information content (AvgIpc) is 2.32. The van der Waals surface area contributed by atoms with Crippen molar-refractivity contribution < 1.29 is 0 Å². The molecule has 1 aromatic carbocycles. The summed E-state index contributed by atoms with van der Waals surface area (Å²) in [4.78, 5) is 9.13. The van der Waals surface area contributed by atoms with Crippen molar-refractivity contribution in [3.8, 4) is 6.07 Å². The van der Waals surface area contributed by atoms with Crippen LogP contribution in [0.2, 0.25) is 0 Å². The van der Waals surface area contributed by atoms with Gasteiger partial charge < -0.3 is 5.73 Å². The number of nitrogen functional groups attached to an aromatic ring is 1. The minimum atomic E-state index is 0.368. The Bertz CT molecular complexity index is 530. The molecule has 0 aliphatic rings. The van der Waals surface area contributed by atoms with E-state index in [0.29, 0.717) is 10.9 Å². The molecule has 0 fully saturated rings. The molecule has 0 spiro atoms. The van der Waals surface area contributed by atoms with E-state index >= 15 is 0 Å². The lowest BCUT2D eigenvalue weighted by Crippen LogP contribution is -1.89. The van der Waals surface area contributed by atoms with Crippen LogP contribution >= 0.6 is 11.8 Å². The van der Waals surface area contributed by atoms with E-state index in [9.17, 15) is 0 Å². The molecule has 2 rings (SSSR count). The molecule has 1 heterocycles. The van der Waals surface area contributed by atoms with Gasteiger partial charge in [0.1, 0.15) is 11.8 Å². The van der Waals surface area contributed by atoms with E-state index in [-0.39, 0.29) is 0 Å². The molecule has 0 bridgehead atoms. The topological polar surface area (TPSA) is 75.6 Å². The second kappa shape index (κ2) is 4.64. The summed E-state index contributed by atoms with van der Waals surface area (Å²) >= 11 is 1.40. The number of benzene rings is 1. The third kappa shape index (κ3) is 2.49. The summed E-state index contributed by atoms with van der Waals surface area (Å²) in [6, 6.07) is 11.0. The Hall–Kier alpha value is -2.06. The highest BCUT2D eigenvalue weighted by molar-refractivity contribution is 7.99. The number of anilines is 1. The quantitative estimate of drug-likeness (QED) is 0.629. The van der Waals surface area contributed by atoms with Gasteiger partial charge in [-0.3, -0.25) is 0 Å². The molecular formula is C11H8N4S. The molecule has 1 aromatic heterocycles. The Labute approximate surface area is 97.1 Å². The van der Waals surface area contributed by atoms with Crippen LogP contribution in [-0.2, 0) is 0 Å². The molecular weight excluding hydrogens is 220 g/mol. The van der Waals surface area contributed by atoms with Crippen LogP contribution in [0.1, 0.15) is 5.69 Å². The molecule has 0 unspecified atom stereocenters. The van der Waals surface area contributed by atoms with Crippen molar-refractivity contribution in [3.63, 3.8) is 0 Å². The van der Waals surface area contributed by atoms with E-state index in [1.54, 1.807) is 12.3 Å². The van der Waals surface area contributed by atoms with Crippen molar-refractivity contribution in [1.82, 2.24) is 9.97 Å². The number of nitrogens with zero attached hydrogens (tertiary/aromatic N) is 3. The maximum atomic E-state index is 8.70. The first-order chi connectivity index (χ1) is 7.78. The molecule has 5 heteroatoms. The fourth-order valence-corrected chi connectivity index (χ4v) is 1.83. The third-order valence-electron chi connectivity index (χ3n) is 1.84. The van der Waals surface area contributed by atoms with Gasteiger partial charge in [-0.25, -0.2) is 9.97 Å². The van der Waals surface area contributed by atoms with E-state index in [0.717, 1.165) is 10.6 Å². The normalized spacial score (nSPS) is 9.69. The molecule has 0 radical (unpaired) electrons. The molecule has 78 valence electrons. The molecule has 16 heavy (non-hydrogen) atoms. The van der Waals surface area contributed by atoms with Crippen molar-refractivity contribution in [2.45, 2.75) is 10.1 Å². The Morgan fingerprint density at radius 1 is 1.19 bits per heavy atom. The van der Waals surface area contributed by atoms with Crippen molar-refractivity contribution in [2.75, 3.05) is 5.73 Å². The van der Waals surface area contributed by atoms with Gasteiger partial charge in [-0.1, -0.05) is 0 Å². The van der Waals surface area contributed by atoms with Gasteiger partial charge in [0.15, 0.2) is 5.16 Å². The van der Waals surface area contributed by atoms with Crippen LogP contribution in [0.3, 0.4) is 0 Å². The Morgan fingerprint density at radius 2 is 1.94 bits per heavy atom. The molecule has 2 aromatic rings. The lowest BCUT2D eigenvalue weighted by atomic mass is 10.3. The van der Waals surface area contributed by atoms with E-state index < -0.39 is 0 Å². The van der Waals surface area contributed by atoms with E-state index in [4.69, 9.17) is 11.0 Å². The predicted octanol–water partition coefficient (Wildman–Crippen LogP) is 2.08. The molecule has 4 nitrogen and oxygen atoms in total. The molecule has 0 saturated heterocycles. The average molecular weight is 228 g/mol. The van der Waals surface area contributed by atoms with Crippen molar-refractivity contribution in [1.29, 1.82) is 5.26 Å². The van der Waals surface area contributed by atoms with Gasteiger partial charge in [0.05, 0.1) is 0 Å². The second-order valence-electron chi connectivity index (χ2n) is 3.01. The number of hydrogen-bond acceptors (Lipinski definition) is 5. The first kappa shape index (κ1) is 10.5. The zero-order valence-corrected chi connectivity index (χ0v) is 9.11. The Morgan fingerprint density at radius 3 is 2.62 bits per heavy atom. The number of nitriles is 1. The Kier molecular flexibility index (Phi) is 3.03. The van der Waals surface area contributed by atoms with Crippen molar-refractivity contribution >= 4 is 17.4 Å². The maximum Gasteiger partial charge on any atom is 0.193 e. The summed E-state index contributed by atoms with van der Waals surface area (Å²) in [7, 11) is 0. The highest BCUT2D eigenvalue weighted by Gasteiger charge is 2.01. The highest BCUT2D eigenvalue weighted by Crippen LogP contribution is 2.24. The van der Waals surface area contributed by atoms with E-state index in [1.807, 2.05) is 30.3 Å². The number of aromatic nitrogens is 2. The zero-order chi connectivity index (χ0) is 11.4. The highest BCUT2D eigenvalue weighted by atomic mass is 32.2. The Balaban J connectivity index is 2.21. The fraction of sp³-hybridized carbons (Fsp3) is 0. The second-order valence-corrected chi connectivity index (χ2v) is 4.05. The summed E-state index contributed by atoms with van der Waals surface area (Å²) in [5.41, 5.74) is 6.67. The lowest BCUT2D eigenvalue weighted by Gasteiger charge is -2.00. The minimum Gasteiger partial charge on any atom is -0.399 e. The summed E-state index contributed by atoms with van der Waals surface area (Å²) in [6.45, 7) is 0. The number of nitrogens with two attached hydrogens (primary N) is 1. The van der Waals surface area contributed by atoms with Crippen molar-refractivity contribution in [2.24, 2.45) is 0 Å². The summed E-state index contributed by atoms with van der Waals surface area (Å²) in [5.74, 6) is 0. The van der Waals surface area contributed by atoms with Crippen LogP contribution in [0.4, 0.5) is 5.69 Å². The first-order valence-corrected chi connectivity index (χ1v) is 5.36. The summed E-state index contributed by atoms with van der Waals surface area (Å²) < 4.78 is 0. The van der Waals surface area contributed by atoms with E-state index in [1.165, 1.54) is 11.8 Å². The first-order valence-electron chi connectivity index (χ1n) is 4.54. The van der Waals surface area contributed by atoms with Crippen LogP contribution in [0.25, 0.3) is 0 Å². The molecule has 0 amide bonds. The van der Waals surface area contributed by atoms with Crippen LogP contribution in [0.15, 0.2) is 46.6 Å². The number of hydrogen-bond donors (Lipinski definition) is 1. The molecule has 0 saturated carbocycles. The lowest BCUT2D eigenvalue weighted by molar-refractivity contribution is 0.952. The van der Waals surface area contributed by atoms with Crippen LogP contribution < -0.4 is 5.73 Å². The zero-order valence-electron chi connectivity index (χ0n) is 8.29. The van der Waals surface area contributed by atoms with Gasteiger partial charge in [0, 0.05) is 16.8 Å². The van der Waals surface area contributed by atoms with Gasteiger partial charge in [-0.2, -0.15) is 5.26 Å². The smallest absolute Gasteiger partial charge is 0.193 e. The largest absolute Gasteiger partial charge is 0.399 e. The van der Waals surface area contributed by atoms with Gasteiger partial charge >= 0.3 is 0 Å². The van der Waals surface area contributed by atoms with E-state index in [2.05, 4.69) is 9.97 Å². The number of rotatable bonds is 2. The molecule has 0 aliphatic carbocycles. The molecule has 0 aliphatic heterocycles. The standard InChI is InChI=1S/C11H8N4S/c12-7-9-5-6-14-11(15-9)16-10-3-1-8(13)2-4-10/h1-6H,13H2. The van der Waals surface area contributed by atoms with Crippen molar-refractivity contribution in [3.05, 3.63) is 42.2 Å². The molecule has 2 N–H and O–H groups in total. The molecule has 0 atom stereocenters. The van der Waals surface area contributed by atoms with Crippen LogP contribution in [0.5, 0.6) is 0 Å². The van der Waals surface area contributed by atoms with Crippen LogP contribution in [-0.4, -0.2) is 9.97 Å². The third-order valence-corrected chi connectivity index (χ3v) is 2.72. The minimum absolute atomic E-state index is 0.368. The SMILES string of the molecule is N#Cc1ccnc(Sc2ccc(N)cc2)n1. The van der Waals surface area contributed by atoms with Gasteiger partial charge in [-0.15, -0.1) is 0 Å². The van der Waals surface area contributed by atoms with Gasteiger partial charge in [0.25, 0.3) is 0 Å². The van der Waals surface area contributed by atoms with Gasteiger partial charge in [0.2, 0.25) is 0 Å². The monoisotopic (exact) mass is 228 g/mol. The summed E-state index contributed by atoms with van der Waals surface area (Å²) in [5, 5.41) is 9.26. The fourth-order valence-electron chi connectivity index (χ4n) is 1.09. The maximum absolute atomic E-state index is 8.70. The van der Waals surface area contributed by atoms with Crippen LogP contribution in [0, 0.1) is 11.3 Å².